The fourth-order valence-electron chi connectivity index (χ4n) is 3.69. The van der Waals surface area contributed by atoms with Crippen molar-refractivity contribution >= 4 is 23.4 Å². The van der Waals surface area contributed by atoms with Gasteiger partial charge >= 0.3 is 12.1 Å². The van der Waals surface area contributed by atoms with Gasteiger partial charge in [0.2, 0.25) is 0 Å². The molecule has 0 bridgehead atoms. The molecule has 3 aromatic rings. The molecule has 6 nitrogen and oxygen atoms in total. The number of benzene rings is 2. The van der Waals surface area contributed by atoms with Gasteiger partial charge in [-0.3, -0.25) is 0 Å². The molecule has 7 heteroatoms. The van der Waals surface area contributed by atoms with Gasteiger partial charge in [-0.05, 0) is 35.1 Å². The van der Waals surface area contributed by atoms with Crippen molar-refractivity contribution in [2.45, 2.75) is 24.8 Å². The number of carbonyl (C=O) groups excluding carboxylic acids is 1. The minimum Gasteiger partial charge on any atom is -0.480 e. The second-order valence-corrected chi connectivity index (χ2v) is 7.60. The van der Waals surface area contributed by atoms with Crippen LogP contribution in [0.15, 0.2) is 59.4 Å². The SMILES string of the molecule is O=C(N[C@@H](CCc1cscn1)C(=O)O)OCC1c2ccccc2-c2ccccc21. The van der Waals surface area contributed by atoms with Crippen molar-refractivity contribution in [2.24, 2.45) is 0 Å². The highest BCUT2D eigenvalue weighted by atomic mass is 32.1. The molecule has 148 valence electrons. The zero-order valence-corrected chi connectivity index (χ0v) is 16.4. The minimum absolute atomic E-state index is 0.0635. The molecule has 1 aliphatic carbocycles. The number of aromatic nitrogens is 1. The van der Waals surface area contributed by atoms with Gasteiger partial charge in [0.1, 0.15) is 12.6 Å². The molecule has 1 aromatic heterocycles. The minimum atomic E-state index is -1.09. The molecular weight excluding hydrogens is 388 g/mol. The van der Waals surface area contributed by atoms with Gasteiger partial charge in [0.15, 0.2) is 0 Å². The number of amides is 1. The van der Waals surface area contributed by atoms with Gasteiger partial charge < -0.3 is 15.2 Å². The standard InChI is InChI=1S/C22H20N2O4S/c25-21(26)20(10-9-14-12-29-13-23-14)24-22(27)28-11-19-17-7-3-1-5-15(17)16-6-2-4-8-18(16)19/h1-8,12-13,19-20H,9-11H2,(H,24,27)(H,25,26)/t20-/m0/s1. The number of hydrogen-bond acceptors (Lipinski definition) is 5. The fraction of sp³-hybridized carbons (Fsp3) is 0.227. The Morgan fingerprint density at radius 3 is 2.34 bits per heavy atom. The maximum Gasteiger partial charge on any atom is 0.407 e. The molecule has 2 N–H and O–H groups in total. The first kappa shape index (κ1) is 19.1. The number of carboxylic acid groups (broad SMARTS) is 1. The molecule has 2 aromatic carbocycles. The number of fused-ring (bicyclic) bond motifs is 3. The second-order valence-electron chi connectivity index (χ2n) is 6.88. The number of nitrogens with zero attached hydrogens (tertiary/aromatic N) is 1. The van der Waals surface area contributed by atoms with Gasteiger partial charge in [0.25, 0.3) is 0 Å². The summed E-state index contributed by atoms with van der Waals surface area (Å²) in [5.74, 6) is -1.15. The normalized spacial score (nSPS) is 13.4. The lowest BCUT2D eigenvalue weighted by atomic mass is 9.98. The first-order valence-corrected chi connectivity index (χ1v) is 10.3. The molecule has 0 unspecified atom stereocenters. The van der Waals surface area contributed by atoms with E-state index in [1.807, 2.05) is 41.8 Å². The Labute approximate surface area is 172 Å². The lowest BCUT2D eigenvalue weighted by Gasteiger charge is -2.17. The van der Waals surface area contributed by atoms with Crippen LogP contribution < -0.4 is 5.32 Å². The van der Waals surface area contributed by atoms with Crippen LogP contribution in [0.5, 0.6) is 0 Å². The van der Waals surface area contributed by atoms with E-state index >= 15 is 0 Å². The highest BCUT2D eigenvalue weighted by Crippen LogP contribution is 2.44. The van der Waals surface area contributed by atoms with E-state index < -0.39 is 18.1 Å². The Hall–Kier alpha value is -3.19. The van der Waals surface area contributed by atoms with Crippen molar-refractivity contribution in [1.29, 1.82) is 0 Å². The van der Waals surface area contributed by atoms with Crippen molar-refractivity contribution < 1.29 is 19.4 Å². The predicted octanol–water partition coefficient (Wildman–Crippen LogP) is 4.07. The summed E-state index contributed by atoms with van der Waals surface area (Å²) in [5.41, 5.74) is 7.02. The molecule has 29 heavy (non-hydrogen) atoms. The smallest absolute Gasteiger partial charge is 0.407 e. The van der Waals surface area contributed by atoms with Crippen LogP contribution in [0.4, 0.5) is 4.79 Å². The van der Waals surface area contributed by atoms with Gasteiger partial charge in [-0.25, -0.2) is 14.6 Å². The van der Waals surface area contributed by atoms with Gasteiger partial charge in [-0.2, -0.15) is 0 Å². The molecule has 0 spiro atoms. The van der Waals surface area contributed by atoms with E-state index in [0.717, 1.165) is 27.9 Å². The number of carboxylic acids is 1. The summed E-state index contributed by atoms with van der Waals surface area (Å²) in [6.45, 7) is 0.151. The van der Waals surface area contributed by atoms with E-state index in [9.17, 15) is 14.7 Å². The van der Waals surface area contributed by atoms with Crippen LogP contribution in [0.2, 0.25) is 0 Å². The molecule has 0 saturated carbocycles. The first-order valence-electron chi connectivity index (χ1n) is 9.35. The van der Waals surface area contributed by atoms with Crippen LogP contribution in [0.1, 0.15) is 29.2 Å². The highest BCUT2D eigenvalue weighted by molar-refractivity contribution is 7.07. The summed E-state index contributed by atoms with van der Waals surface area (Å²) in [5, 5.41) is 13.7. The molecule has 1 heterocycles. The third-order valence-electron chi connectivity index (χ3n) is 5.11. The van der Waals surface area contributed by atoms with Gasteiger partial charge in [-0.1, -0.05) is 48.5 Å². The van der Waals surface area contributed by atoms with Crippen molar-refractivity contribution in [2.75, 3.05) is 6.61 Å². The number of aryl methyl sites for hydroxylation is 1. The van der Waals surface area contributed by atoms with Crippen LogP contribution in [0.3, 0.4) is 0 Å². The molecule has 0 aliphatic heterocycles. The molecule has 0 radical (unpaired) electrons. The number of alkyl carbamates (subject to hydrolysis) is 1. The molecular formula is C22H20N2O4S. The quantitative estimate of drug-likeness (QED) is 0.615. The summed E-state index contributed by atoms with van der Waals surface area (Å²) in [4.78, 5) is 27.9. The number of aliphatic carboxylic acids is 1. The number of ether oxygens (including phenoxy) is 1. The molecule has 1 atom stereocenters. The average Bonchev–Trinajstić information content (AvgIpc) is 3.35. The van der Waals surface area contributed by atoms with E-state index in [1.165, 1.54) is 11.3 Å². The Morgan fingerprint density at radius 2 is 1.76 bits per heavy atom. The topological polar surface area (TPSA) is 88.5 Å². The third-order valence-corrected chi connectivity index (χ3v) is 5.74. The average molecular weight is 408 g/mol. The van der Waals surface area contributed by atoms with Crippen LogP contribution in [-0.4, -0.2) is 34.8 Å². The molecule has 0 fully saturated rings. The molecule has 1 amide bonds. The summed E-state index contributed by atoms with van der Waals surface area (Å²) in [6.07, 6.45) is 0.00505. The van der Waals surface area contributed by atoms with Crippen molar-refractivity contribution in [1.82, 2.24) is 10.3 Å². The second kappa shape index (κ2) is 8.45. The lowest BCUT2D eigenvalue weighted by Crippen LogP contribution is -2.41. The number of rotatable bonds is 7. The van der Waals surface area contributed by atoms with Gasteiger partial charge in [0, 0.05) is 11.3 Å². The van der Waals surface area contributed by atoms with Crippen molar-refractivity contribution in [3.8, 4) is 11.1 Å². The summed E-state index contributed by atoms with van der Waals surface area (Å²) in [6, 6.07) is 15.1. The van der Waals surface area contributed by atoms with Crippen LogP contribution in [0.25, 0.3) is 11.1 Å². The van der Waals surface area contributed by atoms with E-state index in [0.29, 0.717) is 6.42 Å². The van der Waals surface area contributed by atoms with E-state index in [4.69, 9.17) is 4.74 Å². The molecule has 4 rings (SSSR count). The summed E-state index contributed by atoms with van der Waals surface area (Å²) in [7, 11) is 0. The zero-order valence-electron chi connectivity index (χ0n) is 15.6. The number of nitrogens with one attached hydrogen (secondary N) is 1. The van der Waals surface area contributed by atoms with Crippen molar-refractivity contribution in [3.63, 3.8) is 0 Å². The van der Waals surface area contributed by atoms with E-state index in [-0.39, 0.29) is 18.9 Å². The van der Waals surface area contributed by atoms with Crippen LogP contribution in [-0.2, 0) is 16.0 Å². The Balaban J connectivity index is 1.39. The van der Waals surface area contributed by atoms with Crippen LogP contribution >= 0.6 is 11.3 Å². The Morgan fingerprint density at radius 1 is 1.10 bits per heavy atom. The summed E-state index contributed by atoms with van der Waals surface area (Å²) < 4.78 is 5.43. The lowest BCUT2D eigenvalue weighted by molar-refractivity contribution is -0.139. The maximum absolute atomic E-state index is 12.3. The third kappa shape index (κ3) is 4.14. The first-order chi connectivity index (χ1) is 14.1. The fourth-order valence-corrected chi connectivity index (χ4v) is 4.29. The maximum atomic E-state index is 12.3. The number of thiazole rings is 1. The predicted molar refractivity (Wildman–Crippen MR) is 110 cm³/mol. The largest absolute Gasteiger partial charge is 0.480 e. The van der Waals surface area contributed by atoms with E-state index in [2.05, 4.69) is 22.4 Å². The Bertz CT molecular complexity index is 974. The highest BCUT2D eigenvalue weighted by Gasteiger charge is 2.29. The molecule has 0 saturated heterocycles. The summed E-state index contributed by atoms with van der Waals surface area (Å²) >= 11 is 1.45. The monoisotopic (exact) mass is 408 g/mol. The number of hydrogen-bond donors (Lipinski definition) is 2. The van der Waals surface area contributed by atoms with Crippen LogP contribution in [0, 0.1) is 0 Å². The van der Waals surface area contributed by atoms with Crippen molar-refractivity contribution in [3.05, 3.63) is 76.2 Å². The van der Waals surface area contributed by atoms with Gasteiger partial charge in [0.05, 0.1) is 11.2 Å². The molecule has 1 aliphatic rings. The van der Waals surface area contributed by atoms with E-state index in [1.54, 1.807) is 5.51 Å². The number of carbonyl (C=O) groups is 2. The zero-order chi connectivity index (χ0) is 20.2. The van der Waals surface area contributed by atoms with Gasteiger partial charge in [-0.15, -0.1) is 11.3 Å². The Kier molecular flexibility index (Phi) is 5.57.